The fourth-order valence-corrected chi connectivity index (χ4v) is 1.84. The van der Waals surface area contributed by atoms with Crippen LogP contribution in [0.5, 0.6) is 0 Å². The third-order valence-electron chi connectivity index (χ3n) is 2.51. The maximum absolute atomic E-state index is 12.0. The van der Waals surface area contributed by atoms with Crippen LogP contribution in [0.4, 0.5) is 5.69 Å². The molecule has 2 rings (SSSR count). The van der Waals surface area contributed by atoms with Gasteiger partial charge in [-0.15, -0.1) is 0 Å². The average molecular weight is 280 g/mol. The third kappa shape index (κ3) is 2.58. The van der Waals surface area contributed by atoms with Crippen LogP contribution in [0.3, 0.4) is 0 Å². The highest BCUT2D eigenvalue weighted by Crippen LogP contribution is 2.19. The topological polar surface area (TPSA) is 84.2 Å². The highest BCUT2D eigenvalue weighted by molar-refractivity contribution is 6.34. The molecule has 1 amide bonds. The number of benzene rings is 1. The predicted molar refractivity (Wildman–Crippen MR) is 69.6 cm³/mol. The van der Waals surface area contributed by atoms with Gasteiger partial charge in [0.05, 0.1) is 22.5 Å². The minimum absolute atomic E-state index is 0.0968. The Balaban J connectivity index is 2.30. The largest absolute Gasteiger partial charge is 0.476 e. The quantitative estimate of drug-likeness (QED) is 0.900. The summed E-state index contributed by atoms with van der Waals surface area (Å²) in [6, 6.07) is 6.50. The Morgan fingerprint density at radius 3 is 2.68 bits per heavy atom. The van der Waals surface area contributed by atoms with Crippen molar-refractivity contribution in [2.24, 2.45) is 7.05 Å². The number of rotatable bonds is 3. The second kappa shape index (κ2) is 5.11. The van der Waals surface area contributed by atoms with E-state index >= 15 is 0 Å². The van der Waals surface area contributed by atoms with Crippen molar-refractivity contribution in [2.75, 3.05) is 5.32 Å². The van der Waals surface area contributed by atoms with Crippen LogP contribution in [0.25, 0.3) is 0 Å². The number of aromatic carboxylic acids is 1. The minimum Gasteiger partial charge on any atom is -0.476 e. The number of hydrogen-bond donors (Lipinski definition) is 2. The highest BCUT2D eigenvalue weighted by Gasteiger charge is 2.19. The van der Waals surface area contributed by atoms with Crippen LogP contribution < -0.4 is 5.32 Å². The molecule has 1 aromatic carbocycles. The SMILES string of the molecule is Cn1ncc(NC(=O)c2ccccc2Cl)c1C(=O)O. The van der Waals surface area contributed by atoms with Crippen molar-refractivity contribution in [1.82, 2.24) is 9.78 Å². The Hall–Kier alpha value is -2.34. The lowest BCUT2D eigenvalue weighted by atomic mass is 10.2. The molecule has 0 bridgehead atoms. The molecule has 2 N–H and O–H groups in total. The van der Waals surface area contributed by atoms with E-state index in [0.29, 0.717) is 5.02 Å². The van der Waals surface area contributed by atoms with Gasteiger partial charge in [-0.2, -0.15) is 5.10 Å². The molecule has 0 saturated carbocycles. The minimum atomic E-state index is -1.17. The second-order valence-electron chi connectivity index (χ2n) is 3.77. The number of anilines is 1. The average Bonchev–Trinajstić information content (AvgIpc) is 2.70. The molecule has 0 aliphatic carbocycles. The van der Waals surface area contributed by atoms with Gasteiger partial charge < -0.3 is 10.4 Å². The number of amides is 1. The van der Waals surface area contributed by atoms with Gasteiger partial charge in [0.1, 0.15) is 0 Å². The van der Waals surface area contributed by atoms with Crippen molar-refractivity contribution < 1.29 is 14.7 Å². The van der Waals surface area contributed by atoms with Gasteiger partial charge in [0.2, 0.25) is 0 Å². The second-order valence-corrected chi connectivity index (χ2v) is 4.18. The third-order valence-corrected chi connectivity index (χ3v) is 2.84. The summed E-state index contributed by atoms with van der Waals surface area (Å²) in [5, 5.41) is 15.6. The van der Waals surface area contributed by atoms with Crippen LogP contribution in [0.1, 0.15) is 20.8 Å². The lowest BCUT2D eigenvalue weighted by Gasteiger charge is -2.06. The number of nitrogens with zero attached hydrogens (tertiary/aromatic N) is 2. The van der Waals surface area contributed by atoms with Crippen LogP contribution in [0.15, 0.2) is 30.5 Å². The molecule has 0 aliphatic rings. The summed E-state index contributed by atoms with van der Waals surface area (Å²) in [6.07, 6.45) is 1.28. The molecule has 1 aromatic heterocycles. The van der Waals surface area contributed by atoms with Gasteiger partial charge in [0, 0.05) is 7.05 Å². The highest BCUT2D eigenvalue weighted by atomic mass is 35.5. The monoisotopic (exact) mass is 279 g/mol. The number of hydrogen-bond acceptors (Lipinski definition) is 3. The Morgan fingerprint density at radius 1 is 1.37 bits per heavy atom. The molecule has 0 saturated heterocycles. The Kier molecular flexibility index (Phi) is 3.52. The zero-order valence-corrected chi connectivity index (χ0v) is 10.7. The maximum Gasteiger partial charge on any atom is 0.356 e. The summed E-state index contributed by atoms with van der Waals surface area (Å²) >= 11 is 5.89. The first kappa shape index (κ1) is 13.1. The van der Waals surface area contributed by atoms with E-state index in [-0.39, 0.29) is 16.9 Å². The summed E-state index contributed by atoms with van der Waals surface area (Å²) in [5.41, 5.74) is 0.296. The van der Waals surface area contributed by atoms with Crippen molar-refractivity contribution in [1.29, 1.82) is 0 Å². The molecule has 7 heteroatoms. The maximum atomic E-state index is 12.0. The molecule has 1 heterocycles. The first-order valence-electron chi connectivity index (χ1n) is 5.32. The molecule has 19 heavy (non-hydrogen) atoms. The van der Waals surface area contributed by atoms with Crippen molar-refractivity contribution in [2.45, 2.75) is 0 Å². The molecule has 6 nitrogen and oxygen atoms in total. The zero-order chi connectivity index (χ0) is 14.0. The lowest BCUT2D eigenvalue weighted by Crippen LogP contribution is -2.15. The molecule has 0 fully saturated rings. The summed E-state index contributed by atoms with van der Waals surface area (Å²) in [5.74, 6) is -1.66. The molecule has 2 aromatic rings. The molecular weight excluding hydrogens is 270 g/mol. The van der Waals surface area contributed by atoms with E-state index in [1.54, 1.807) is 24.3 Å². The van der Waals surface area contributed by atoms with Gasteiger partial charge in [-0.25, -0.2) is 4.79 Å². The van der Waals surface area contributed by atoms with E-state index in [4.69, 9.17) is 16.7 Å². The van der Waals surface area contributed by atoms with Crippen molar-refractivity contribution >= 4 is 29.2 Å². The number of nitrogens with one attached hydrogen (secondary N) is 1. The van der Waals surface area contributed by atoms with Crippen molar-refractivity contribution in [3.63, 3.8) is 0 Å². The molecule has 98 valence electrons. The van der Waals surface area contributed by atoms with Gasteiger partial charge in [0.25, 0.3) is 5.91 Å². The van der Waals surface area contributed by atoms with E-state index in [2.05, 4.69) is 10.4 Å². The smallest absolute Gasteiger partial charge is 0.356 e. The van der Waals surface area contributed by atoms with Gasteiger partial charge in [0.15, 0.2) is 5.69 Å². The normalized spacial score (nSPS) is 10.2. The van der Waals surface area contributed by atoms with E-state index in [1.165, 1.54) is 17.9 Å². The van der Waals surface area contributed by atoms with E-state index in [1.807, 2.05) is 0 Å². The summed E-state index contributed by atoms with van der Waals surface area (Å²) in [6.45, 7) is 0. The zero-order valence-electron chi connectivity index (χ0n) is 9.92. The van der Waals surface area contributed by atoms with Crippen LogP contribution in [0.2, 0.25) is 5.02 Å². The standard InChI is InChI=1S/C12H10ClN3O3/c1-16-10(12(18)19)9(6-14-16)15-11(17)7-4-2-3-5-8(7)13/h2-6H,1H3,(H,15,17)(H,18,19). The molecular formula is C12H10ClN3O3. The Bertz CT molecular complexity index is 651. The molecule has 0 aliphatic heterocycles. The number of carbonyl (C=O) groups is 2. The van der Waals surface area contributed by atoms with Gasteiger partial charge >= 0.3 is 5.97 Å². The molecule has 0 atom stereocenters. The molecule has 0 unspecified atom stereocenters. The van der Waals surface area contributed by atoms with Crippen LogP contribution in [-0.2, 0) is 7.05 Å². The predicted octanol–water partition coefficient (Wildman–Crippen LogP) is 2.02. The van der Waals surface area contributed by atoms with E-state index < -0.39 is 11.9 Å². The summed E-state index contributed by atoms with van der Waals surface area (Å²) in [7, 11) is 1.48. The van der Waals surface area contributed by atoms with Gasteiger partial charge in [-0.1, -0.05) is 23.7 Å². The van der Waals surface area contributed by atoms with Crippen molar-refractivity contribution in [3.05, 3.63) is 46.7 Å². The number of carbonyl (C=O) groups excluding carboxylic acids is 1. The number of carboxylic acids is 1. The van der Waals surface area contributed by atoms with Crippen LogP contribution in [0, 0.1) is 0 Å². The van der Waals surface area contributed by atoms with Crippen LogP contribution >= 0.6 is 11.6 Å². The number of halogens is 1. The van der Waals surface area contributed by atoms with Crippen LogP contribution in [-0.4, -0.2) is 26.8 Å². The number of aryl methyl sites for hydroxylation is 1. The van der Waals surface area contributed by atoms with E-state index in [0.717, 1.165) is 0 Å². The van der Waals surface area contributed by atoms with Gasteiger partial charge in [-0.05, 0) is 12.1 Å². The summed E-state index contributed by atoms with van der Waals surface area (Å²) < 4.78 is 1.17. The number of carboxylic acid groups (broad SMARTS) is 1. The molecule has 0 spiro atoms. The van der Waals surface area contributed by atoms with Crippen molar-refractivity contribution in [3.8, 4) is 0 Å². The fourth-order valence-electron chi connectivity index (χ4n) is 1.62. The first-order chi connectivity index (χ1) is 9.00. The summed E-state index contributed by atoms with van der Waals surface area (Å²) in [4.78, 5) is 23.0. The van der Waals surface area contributed by atoms with Gasteiger partial charge in [-0.3, -0.25) is 9.48 Å². The number of aromatic nitrogens is 2. The van der Waals surface area contributed by atoms with E-state index in [9.17, 15) is 9.59 Å². The molecule has 0 radical (unpaired) electrons. The Morgan fingerprint density at radius 2 is 2.05 bits per heavy atom. The fraction of sp³-hybridized carbons (Fsp3) is 0.0833. The lowest BCUT2D eigenvalue weighted by molar-refractivity contribution is 0.0686. The Labute approximate surface area is 113 Å². The first-order valence-corrected chi connectivity index (χ1v) is 5.69.